The number of nitrogens with two attached hydrogens (primary N) is 1. The molecule has 4 heteroatoms. The van der Waals surface area contributed by atoms with E-state index in [4.69, 9.17) is 10.6 Å². The average molecular weight is 302 g/mol. The lowest BCUT2D eigenvalue weighted by atomic mass is 9.80. The van der Waals surface area contributed by atoms with E-state index in [2.05, 4.69) is 29.0 Å². The molecule has 0 fully saturated rings. The zero-order chi connectivity index (χ0) is 14.7. The number of hydrazine groups is 1. The first kappa shape index (κ1) is 14.6. The summed E-state index contributed by atoms with van der Waals surface area (Å²) in [6.45, 7) is 2.69. The molecule has 1 heterocycles. The Kier molecular flexibility index (Phi) is 4.58. The highest BCUT2D eigenvalue weighted by Crippen LogP contribution is 2.42. The molecular formula is C17H22N2OS. The van der Waals surface area contributed by atoms with E-state index in [1.165, 1.54) is 35.3 Å². The van der Waals surface area contributed by atoms with Crippen LogP contribution in [-0.2, 0) is 6.42 Å². The lowest BCUT2D eigenvalue weighted by molar-refractivity contribution is 0.339. The molecule has 0 bridgehead atoms. The van der Waals surface area contributed by atoms with Crippen LogP contribution >= 0.6 is 11.3 Å². The molecule has 112 valence electrons. The molecule has 3 rings (SSSR count). The van der Waals surface area contributed by atoms with Gasteiger partial charge in [-0.05, 0) is 60.9 Å². The van der Waals surface area contributed by atoms with Crippen molar-refractivity contribution in [3.63, 3.8) is 0 Å². The number of nitrogens with one attached hydrogen (secondary N) is 1. The highest BCUT2D eigenvalue weighted by atomic mass is 32.1. The van der Waals surface area contributed by atoms with Gasteiger partial charge in [0.05, 0.1) is 12.6 Å². The van der Waals surface area contributed by atoms with Crippen LogP contribution in [0.25, 0.3) is 0 Å². The summed E-state index contributed by atoms with van der Waals surface area (Å²) in [6, 6.07) is 10.7. The van der Waals surface area contributed by atoms with Crippen molar-refractivity contribution in [2.45, 2.75) is 38.1 Å². The Hall–Kier alpha value is -1.36. The quantitative estimate of drug-likeness (QED) is 0.653. The summed E-state index contributed by atoms with van der Waals surface area (Å²) in [4.78, 5) is 1.53. The lowest BCUT2D eigenvalue weighted by Gasteiger charge is -2.30. The molecular weight excluding hydrogens is 280 g/mol. The minimum absolute atomic E-state index is 0.161. The van der Waals surface area contributed by atoms with Gasteiger partial charge in [-0.15, -0.1) is 11.3 Å². The maximum absolute atomic E-state index is 5.88. The summed E-state index contributed by atoms with van der Waals surface area (Å²) in [5.41, 5.74) is 5.74. The van der Waals surface area contributed by atoms with Gasteiger partial charge in [-0.3, -0.25) is 11.3 Å². The molecule has 2 atom stereocenters. The SMILES string of the molecule is CCOc1ccc(C(NN)C2CCCc3sccc32)cc1. The fourth-order valence-corrected chi connectivity index (χ4v) is 4.25. The van der Waals surface area contributed by atoms with Gasteiger partial charge in [-0.1, -0.05) is 12.1 Å². The van der Waals surface area contributed by atoms with Crippen molar-refractivity contribution >= 4 is 11.3 Å². The predicted molar refractivity (Wildman–Crippen MR) is 87.7 cm³/mol. The fraction of sp³-hybridized carbons (Fsp3) is 0.412. The number of fused-ring (bicyclic) bond motifs is 1. The molecule has 2 aromatic rings. The Morgan fingerprint density at radius 1 is 1.33 bits per heavy atom. The van der Waals surface area contributed by atoms with Crippen LogP contribution in [0, 0.1) is 0 Å². The van der Waals surface area contributed by atoms with Crippen LogP contribution in [0.2, 0.25) is 0 Å². The Labute approximate surface area is 130 Å². The monoisotopic (exact) mass is 302 g/mol. The number of benzene rings is 1. The average Bonchev–Trinajstić information content (AvgIpc) is 2.99. The van der Waals surface area contributed by atoms with Gasteiger partial charge in [-0.25, -0.2) is 0 Å². The van der Waals surface area contributed by atoms with E-state index in [9.17, 15) is 0 Å². The molecule has 0 saturated carbocycles. The molecule has 1 aliphatic rings. The van der Waals surface area contributed by atoms with E-state index in [1.54, 1.807) is 0 Å². The normalized spacial score (nSPS) is 19.0. The minimum Gasteiger partial charge on any atom is -0.494 e. The number of rotatable bonds is 5. The summed E-state index contributed by atoms with van der Waals surface area (Å²) in [5, 5.41) is 2.20. The third kappa shape index (κ3) is 2.98. The van der Waals surface area contributed by atoms with E-state index in [0.717, 1.165) is 5.75 Å². The molecule has 3 nitrogen and oxygen atoms in total. The molecule has 1 aromatic carbocycles. The van der Waals surface area contributed by atoms with Crippen molar-refractivity contribution in [2.24, 2.45) is 5.84 Å². The van der Waals surface area contributed by atoms with E-state index in [-0.39, 0.29) is 6.04 Å². The van der Waals surface area contributed by atoms with Crippen LogP contribution < -0.4 is 16.0 Å². The Bertz CT molecular complexity index is 579. The molecule has 1 aromatic heterocycles. The topological polar surface area (TPSA) is 47.3 Å². The Balaban J connectivity index is 1.86. The molecule has 0 amide bonds. The van der Waals surface area contributed by atoms with E-state index in [0.29, 0.717) is 12.5 Å². The summed E-state index contributed by atoms with van der Waals surface area (Å²) < 4.78 is 5.51. The first-order valence-electron chi connectivity index (χ1n) is 7.58. The molecule has 21 heavy (non-hydrogen) atoms. The van der Waals surface area contributed by atoms with Gasteiger partial charge in [-0.2, -0.15) is 0 Å². The van der Waals surface area contributed by atoms with Crippen LogP contribution in [0.1, 0.15) is 47.7 Å². The summed E-state index contributed by atoms with van der Waals surface area (Å²) in [6.07, 6.45) is 3.64. The van der Waals surface area contributed by atoms with E-state index in [1.807, 2.05) is 30.4 Å². The number of aryl methyl sites for hydroxylation is 1. The highest BCUT2D eigenvalue weighted by molar-refractivity contribution is 7.10. The third-order valence-electron chi connectivity index (χ3n) is 4.23. The number of thiophene rings is 1. The molecule has 1 aliphatic carbocycles. The number of hydrogen-bond donors (Lipinski definition) is 2. The van der Waals surface area contributed by atoms with Crippen molar-refractivity contribution in [1.29, 1.82) is 0 Å². The van der Waals surface area contributed by atoms with Gasteiger partial charge >= 0.3 is 0 Å². The summed E-state index contributed by atoms with van der Waals surface area (Å²) in [7, 11) is 0. The van der Waals surface area contributed by atoms with Crippen LogP contribution in [0.4, 0.5) is 0 Å². The third-order valence-corrected chi connectivity index (χ3v) is 5.23. The summed E-state index contributed by atoms with van der Waals surface area (Å²) in [5.74, 6) is 7.26. The zero-order valence-corrected chi connectivity index (χ0v) is 13.2. The predicted octanol–water partition coefficient (Wildman–Crippen LogP) is 3.77. The van der Waals surface area contributed by atoms with Gasteiger partial charge in [0.2, 0.25) is 0 Å². The van der Waals surface area contributed by atoms with Gasteiger partial charge < -0.3 is 4.74 Å². The van der Waals surface area contributed by atoms with Crippen molar-refractivity contribution in [2.75, 3.05) is 6.61 Å². The molecule has 0 spiro atoms. The molecule has 0 aliphatic heterocycles. The van der Waals surface area contributed by atoms with Crippen LogP contribution in [-0.4, -0.2) is 6.61 Å². The fourth-order valence-electron chi connectivity index (χ4n) is 3.25. The maximum atomic E-state index is 5.88. The van der Waals surface area contributed by atoms with Crippen molar-refractivity contribution in [3.8, 4) is 5.75 Å². The Morgan fingerprint density at radius 2 is 2.14 bits per heavy atom. The first-order chi connectivity index (χ1) is 10.3. The first-order valence-corrected chi connectivity index (χ1v) is 8.46. The minimum atomic E-state index is 0.161. The highest BCUT2D eigenvalue weighted by Gasteiger charge is 2.29. The zero-order valence-electron chi connectivity index (χ0n) is 12.3. The van der Waals surface area contributed by atoms with E-state index < -0.39 is 0 Å². The van der Waals surface area contributed by atoms with Crippen molar-refractivity contribution < 1.29 is 4.74 Å². The number of hydrogen-bond acceptors (Lipinski definition) is 4. The van der Waals surface area contributed by atoms with Crippen LogP contribution in [0.15, 0.2) is 35.7 Å². The van der Waals surface area contributed by atoms with Crippen molar-refractivity contribution in [3.05, 3.63) is 51.7 Å². The molecule has 0 saturated heterocycles. The standard InChI is InChI=1S/C17H22N2OS/c1-2-20-13-8-6-12(7-9-13)17(19-18)15-4-3-5-16-14(15)10-11-21-16/h6-11,15,17,19H,2-5,18H2,1H3. The van der Waals surface area contributed by atoms with Crippen LogP contribution in [0.5, 0.6) is 5.75 Å². The Morgan fingerprint density at radius 3 is 2.86 bits per heavy atom. The molecule has 2 unspecified atom stereocenters. The van der Waals surface area contributed by atoms with Crippen molar-refractivity contribution in [1.82, 2.24) is 5.43 Å². The van der Waals surface area contributed by atoms with Crippen LogP contribution in [0.3, 0.4) is 0 Å². The van der Waals surface area contributed by atoms with E-state index >= 15 is 0 Å². The van der Waals surface area contributed by atoms with Gasteiger partial charge in [0.15, 0.2) is 0 Å². The number of ether oxygens (including phenoxy) is 1. The molecule has 0 radical (unpaired) electrons. The second-order valence-electron chi connectivity index (χ2n) is 5.44. The maximum Gasteiger partial charge on any atom is 0.119 e. The lowest BCUT2D eigenvalue weighted by Crippen LogP contribution is -2.33. The van der Waals surface area contributed by atoms with Gasteiger partial charge in [0.25, 0.3) is 0 Å². The van der Waals surface area contributed by atoms with Gasteiger partial charge in [0, 0.05) is 10.8 Å². The molecule has 3 N–H and O–H groups in total. The smallest absolute Gasteiger partial charge is 0.119 e. The largest absolute Gasteiger partial charge is 0.494 e. The van der Waals surface area contributed by atoms with Gasteiger partial charge in [0.1, 0.15) is 5.75 Å². The summed E-state index contributed by atoms with van der Waals surface area (Å²) >= 11 is 1.87. The second kappa shape index (κ2) is 6.60. The second-order valence-corrected chi connectivity index (χ2v) is 6.44.